The average molecular weight is 871 g/mol. The fourth-order valence-electron chi connectivity index (χ4n) is 13.6. The standard InChI is InChI=1S/C55H98O7/c1-8-9-10-11-12-13-14-15-16-17-18-19-20-21-22-23-24-25-26-49(56)60-38-48-50(57)51(58)52(59)53(62-48)61-43-33-35-54(6)42(37-43)29-30-44-46-32-31-45(55(46,7)36-34-47(44)54)41(5)28-27-40(4)39(2)3/h29,39-41,43-48,50-53,57-59H,8-28,30-38H2,1-7H3. The molecular formula is C55H98O7. The number of hydrogen-bond donors (Lipinski definition) is 3. The van der Waals surface area contributed by atoms with Gasteiger partial charge in [0.15, 0.2) is 6.29 Å². The predicted octanol–water partition coefficient (Wildman–Crippen LogP) is 13.4. The molecule has 1 aliphatic heterocycles. The zero-order valence-corrected chi connectivity index (χ0v) is 41.3. The molecule has 4 fully saturated rings. The van der Waals surface area contributed by atoms with E-state index in [0.29, 0.717) is 17.8 Å². The molecule has 0 aromatic heterocycles. The first-order chi connectivity index (χ1) is 29.8. The summed E-state index contributed by atoms with van der Waals surface area (Å²) in [7, 11) is 0. The lowest BCUT2D eigenvalue weighted by Crippen LogP contribution is -2.60. The van der Waals surface area contributed by atoms with Crippen LogP contribution in [0.3, 0.4) is 0 Å². The van der Waals surface area contributed by atoms with Gasteiger partial charge in [0.2, 0.25) is 0 Å². The third-order valence-corrected chi connectivity index (χ3v) is 18.2. The van der Waals surface area contributed by atoms with Gasteiger partial charge in [0.25, 0.3) is 0 Å². The zero-order chi connectivity index (χ0) is 44.7. The molecule has 7 heteroatoms. The van der Waals surface area contributed by atoms with Crippen molar-refractivity contribution < 1.29 is 34.3 Å². The minimum atomic E-state index is -1.44. The highest BCUT2D eigenvalue weighted by atomic mass is 16.7. The van der Waals surface area contributed by atoms with Gasteiger partial charge in [-0.1, -0.05) is 182 Å². The number of fused-ring (bicyclic) bond motifs is 5. The molecule has 0 bridgehead atoms. The normalized spacial score (nSPS) is 35.5. The topological polar surface area (TPSA) is 105 Å². The minimum absolute atomic E-state index is 0.139. The van der Waals surface area contributed by atoms with Gasteiger partial charge in [-0.25, -0.2) is 0 Å². The van der Waals surface area contributed by atoms with E-state index < -0.39 is 30.7 Å². The summed E-state index contributed by atoms with van der Waals surface area (Å²) in [6, 6.07) is 0. The fourth-order valence-corrected chi connectivity index (χ4v) is 13.6. The number of unbranched alkanes of at least 4 members (excludes halogenated alkanes) is 17. The Morgan fingerprint density at radius 3 is 1.92 bits per heavy atom. The number of esters is 1. The summed E-state index contributed by atoms with van der Waals surface area (Å²) in [4.78, 5) is 12.7. The number of carbonyl (C=O) groups excluding carboxylic acids is 1. The largest absolute Gasteiger partial charge is 0.463 e. The van der Waals surface area contributed by atoms with Gasteiger partial charge in [-0.2, -0.15) is 0 Å². The summed E-state index contributed by atoms with van der Waals surface area (Å²) in [6.07, 6.45) is 32.0. The van der Waals surface area contributed by atoms with Crippen LogP contribution >= 0.6 is 0 Å². The molecule has 0 aromatic carbocycles. The monoisotopic (exact) mass is 871 g/mol. The molecule has 4 aliphatic carbocycles. The molecule has 5 aliphatic rings. The lowest BCUT2D eigenvalue weighted by atomic mass is 9.47. The highest BCUT2D eigenvalue weighted by molar-refractivity contribution is 5.69. The molecule has 7 nitrogen and oxygen atoms in total. The Morgan fingerprint density at radius 2 is 1.32 bits per heavy atom. The van der Waals surface area contributed by atoms with Crippen molar-refractivity contribution in [2.45, 2.75) is 271 Å². The molecule has 3 N–H and O–H groups in total. The molecule has 1 saturated heterocycles. The molecule has 0 amide bonds. The summed E-state index contributed by atoms with van der Waals surface area (Å²) < 4.78 is 18.1. The van der Waals surface area contributed by atoms with E-state index in [1.807, 2.05) is 0 Å². The highest BCUT2D eigenvalue weighted by Gasteiger charge is 2.59. The number of rotatable bonds is 28. The smallest absolute Gasteiger partial charge is 0.305 e. The fraction of sp³-hybridized carbons (Fsp3) is 0.945. The molecule has 0 radical (unpaired) electrons. The van der Waals surface area contributed by atoms with Crippen LogP contribution in [-0.4, -0.2) is 64.7 Å². The van der Waals surface area contributed by atoms with Crippen LogP contribution in [0.25, 0.3) is 0 Å². The first-order valence-corrected chi connectivity index (χ1v) is 27.0. The molecule has 3 saturated carbocycles. The van der Waals surface area contributed by atoms with E-state index in [9.17, 15) is 20.1 Å². The molecule has 14 unspecified atom stereocenters. The third kappa shape index (κ3) is 14.0. The molecule has 0 spiro atoms. The highest BCUT2D eigenvalue weighted by Crippen LogP contribution is 2.67. The van der Waals surface area contributed by atoms with Crippen LogP contribution in [0.1, 0.15) is 235 Å². The molecule has 0 aromatic rings. The van der Waals surface area contributed by atoms with Crippen molar-refractivity contribution in [3.63, 3.8) is 0 Å². The molecule has 62 heavy (non-hydrogen) atoms. The Morgan fingerprint density at radius 1 is 0.726 bits per heavy atom. The molecule has 5 rings (SSSR count). The van der Waals surface area contributed by atoms with Crippen molar-refractivity contribution in [1.29, 1.82) is 0 Å². The maximum Gasteiger partial charge on any atom is 0.305 e. The van der Waals surface area contributed by atoms with Gasteiger partial charge in [-0.05, 0) is 110 Å². The van der Waals surface area contributed by atoms with E-state index in [1.54, 1.807) is 0 Å². The second kappa shape index (κ2) is 25.8. The van der Waals surface area contributed by atoms with Gasteiger partial charge in [0.05, 0.1) is 6.10 Å². The Hall–Kier alpha value is -0.990. The molecule has 1 heterocycles. The van der Waals surface area contributed by atoms with Gasteiger partial charge in [-0.15, -0.1) is 0 Å². The van der Waals surface area contributed by atoms with Crippen LogP contribution in [0.4, 0.5) is 0 Å². The summed E-state index contributed by atoms with van der Waals surface area (Å²) in [5, 5.41) is 32.6. The number of hydrogen-bond acceptors (Lipinski definition) is 7. The Kier molecular flexibility index (Phi) is 21.6. The van der Waals surface area contributed by atoms with Crippen LogP contribution in [0, 0.1) is 52.3 Å². The van der Waals surface area contributed by atoms with Crippen molar-refractivity contribution in [3.05, 3.63) is 11.6 Å². The van der Waals surface area contributed by atoms with Gasteiger partial charge in [0, 0.05) is 6.42 Å². The summed E-state index contributed by atoms with van der Waals surface area (Å²) >= 11 is 0. The van der Waals surface area contributed by atoms with Crippen molar-refractivity contribution in [2.75, 3.05) is 6.61 Å². The molecule has 360 valence electrons. The molecular weight excluding hydrogens is 773 g/mol. The van der Waals surface area contributed by atoms with E-state index in [2.05, 4.69) is 54.5 Å². The Labute approximate surface area is 381 Å². The van der Waals surface area contributed by atoms with Gasteiger partial charge in [-0.3, -0.25) is 4.79 Å². The maximum atomic E-state index is 12.7. The second-order valence-corrected chi connectivity index (χ2v) is 22.7. The first-order valence-electron chi connectivity index (χ1n) is 27.0. The predicted molar refractivity (Wildman–Crippen MR) is 254 cm³/mol. The van der Waals surface area contributed by atoms with Gasteiger partial charge < -0.3 is 29.5 Å². The van der Waals surface area contributed by atoms with Crippen LogP contribution in [0.5, 0.6) is 0 Å². The van der Waals surface area contributed by atoms with Gasteiger partial charge in [0.1, 0.15) is 31.0 Å². The van der Waals surface area contributed by atoms with E-state index in [4.69, 9.17) is 14.2 Å². The van der Waals surface area contributed by atoms with E-state index in [1.165, 1.54) is 140 Å². The second-order valence-electron chi connectivity index (χ2n) is 22.7. The number of allylic oxidation sites excluding steroid dienone is 1. The number of ether oxygens (including phenoxy) is 3. The summed E-state index contributed by atoms with van der Waals surface area (Å²) in [6.45, 7) is 17.0. The van der Waals surface area contributed by atoms with Crippen LogP contribution in [-0.2, 0) is 19.0 Å². The quantitative estimate of drug-likeness (QED) is 0.0408. The SMILES string of the molecule is CCCCCCCCCCCCCCCCCCCCC(=O)OCC1OC(OC2CCC3(C)C(=CCC4C3CCC3(C)C(C(C)CCC(C)C(C)C)CCC43)C2)C(O)C(O)C1O. The molecule has 14 atom stereocenters. The Balaban J connectivity index is 0.967. The van der Waals surface area contributed by atoms with E-state index in [0.717, 1.165) is 80.5 Å². The Bertz CT molecular complexity index is 1320. The minimum Gasteiger partial charge on any atom is -0.463 e. The maximum absolute atomic E-state index is 12.7. The lowest BCUT2D eigenvalue weighted by molar-refractivity contribution is -0.313. The van der Waals surface area contributed by atoms with Crippen LogP contribution in [0.15, 0.2) is 11.6 Å². The number of aliphatic hydroxyl groups excluding tert-OH is 3. The van der Waals surface area contributed by atoms with E-state index >= 15 is 0 Å². The van der Waals surface area contributed by atoms with Crippen molar-refractivity contribution >= 4 is 5.97 Å². The van der Waals surface area contributed by atoms with Crippen molar-refractivity contribution in [1.82, 2.24) is 0 Å². The first kappa shape index (κ1) is 52.0. The number of aliphatic hydroxyl groups is 3. The van der Waals surface area contributed by atoms with Crippen LogP contribution in [0.2, 0.25) is 0 Å². The van der Waals surface area contributed by atoms with Gasteiger partial charge >= 0.3 is 5.97 Å². The average Bonchev–Trinajstić information content (AvgIpc) is 3.62. The van der Waals surface area contributed by atoms with Crippen LogP contribution < -0.4 is 0 Å². The number of carbonyl (C=O) groups is 1. The van der Waals surface area contributed by atoms with Crippen molar-refractivity contribution in [3.8, 4) is 0 Å². The lowest BCUT2D eigenvalue weighted by Gasteiger charge is -2.58. The summed E-state index contributed by atoms with van der Waals surface area (Å²) in [5.74, 6) is 5.17. The van der Waals surface area contributed by atoms with Crippen molar-refractivity contribution in [2.24, 2.45) is 52.3 Å². The summed E-state index contributed by atoms with van der Waals surface area (Å²) in [5.41, 5.74) is 2.13. The zero-order valence-electron chi connectivity index (χ0n) is 41.3. The van der Waals surface area contributed by atoms with E-state index in [-0.39, 0.29) is 24.1 Å². The third-order valence-electron chi connectivity index (χ3n) is 18.2.